The molecule has 1 aromatic heterocycles. The van der Waals surface area contributed by atoms with E-state index in [-0.39, 0.29) is 25.1 Å². The first-order valence-corrected chi connectivity index (χ1v) is 9.58. The van der Waals surface area contributed by atoms with Crippen LogP contribution < -0.4 is 9.47 Å². The molecule has 1 fully saturated rings. The maximum absolute atomic E-state index is 13.3. The SMILES string of the molecule is CC1(C)OC(=O)CC1C(=O)N(Cc1ccc2c(c1)OCO2)Cc1nccs1. The third kappa shape index (κ3) is 3.62. The van der Waals surface area contributed by atoms with Gasteiger partial charge in [0.1, 0.15) is 10.6 Å². The molecule has 1 unspecified atom stereocenters. The largest absolute Gasteiger partial charge is 0.459 e. The number of rotatable bonds is 5. The standard InChI is InChI=1S/C19H20N2O5S/c1-19(2)13(8-17(22)26-19)18(23)21(10-16-20-5-6-27-16)9-12-3-4-14-15(7-12)25-11-24-14/h3-7,13H,8-11H2,1-2H3. The zero-order chi connectivity index (χ0) is 19.0. The van der Waals surface area contributed by atoms with Gasteiger partial charge in [0.25, 0.3) is 0 Å². The summed E-state index contributed by atoms with van der Waals surface area (Å²) in [4.78, 5) is 31.1. The molecule has 1 amide bonds. The summed E-state index contributed by atoms with van der Waals surface area (Å²) in [5.74, 6) is 0.412. The van der Waals surface area contributed by atoms with Gasteiger partial charge in [0.15, 0.2) is 11.5 Å². The Morgan fingerprint density at radius 1 is 1.30 bits per heavy atom. The van der Waals surface area contributed by atoms with Crippen molar-refractivity contribution < 1.29 is 23.8 Å². The third-order valence-electron chi connectivity index (χ3n) is 4.82. The van der Waals surface area contributed by atoms with Gasteiger partial charge in [-0.2, -0.15) is 0 Å². The summed E-state index contributed by atoms with van der Waals surface area (Å²) in [5.41, 5.74) is 0.108. The number of nitrogens with zero attached hydrogens (tertiary/aromatic N) is 2. The summed E-state index contributed by atoms with van der Waals surface area (Å²) in [7, 11) is 0. The maximum atomic E-state index is 13.3. The van der Waals surface area contributed by atoms with Crippen LogP contribution in [-0.2, 0) is 27.4 Å². The van der Waals surface area contributed by atoms with Crippen LogP contribution >= 0.6 is 11.3 Å². The Bertz CT molecular complexity index is 865. The predicted octanol–water partition coefficient (Wildman–Crippen LogP) is 2.74. The van der Waals surface area contributed by atoms with Crippen LogP contribution in [0.2, 0.25) is 0 Å². The van der Waals surface area contributed by atoms with Crippen molar-refractivity contribution in [1.82, 2.24) is 9.88 Å². The topological polar surface area (TPSA) is 78.0 Å². The van der Waals surface area contributed by atoms with Crippen LogP contribution in [-0.4, -0.2) is 34.2 Å². The Labute approximate surface area is 160 Å². The summed E-state index contributed by atoms with van der Waals surface area (Å²) >= 11 is 1.49. The molecule has 27 heavy (non-hydrogen) atoms. The van der Waals surface area contributed by atoms with E-state index in [1.165, 1.54) is 11.3 Å². The van der Waals surface area contributed by atoms with E-state index in [0.717, 1.165) is 10.6 Å². The van der Waals surface area contributed by atoms with Crippen molar-refractivity contribution in [2.24, 2.45) is 5.92 Å². The van der Waals surface area contributed by atoms with E-state index in [1.807, 2.05) is 23.6 Å². The average Bonchev–Trinajstić information content (AvgIpc) is 3.33. The molecule has 2 aliphatic heterocycles. The van der Waals surface area contributed by atoms with Crippen LogP contribution in [0.1, 0.15) is 30.8 Å². The fourth-order valence-corrected chi connectivity index (χ4v) is 4.02. The van der Waals surface area contributed by atoms with Crippen molar-refractivity contribution in [3.63, 3.8) is 0 Å². The second-order valence-electron chi connectivity index (χ2n) is 7.14. The molecule has 8 heteroatoms. The summed E-state index contributed by atoms with van der Waals surface area (Å²) in [6.45, 7) is 4.53. The van der Waals surface area contributed by atoms with Gasteiger partial charge >= 0.3 is 5.97 Å². The van der Waals surface area contributed by atoms with Crippen LogP contribution in [0.25, 0.3) is 0 Å². The van der Waals surface area contributed by atoms with Gasteiger partial charge in [-0.05, 0) is 31.5 Å². The minimum atomic E-state index is -0.815. The predicted molar refractivity (Wildman–Crippen MR) is 97.2 cm³/mol. The minimum Gasteiger partial charge on any atom is -0.459 e. The summed E-state index contributed by atoms with van der Waals surface area (Å²) < 4.78 is 16.1. The lowest BCUT2D eigenvalue weighted by atomic mass is 9.89. The van der Waals surface area contributed by atoms with Gasteiger partial charge in [-0.15, -0.1) is 11.3 Å². The quantitative estimate of drug-likeness (QED) is 0.733. The molecule has 0 aliphatic carbocycles. The van der Waals surface area contributed by atoms with Gasteiger partial charge in [0, 0.05) is 18.1 Å². The normalized spacial score (nSPS) is 19.8. The van der Waals surface area contributed by atoms with Crippen molar-refractivity contribution >= 4 is 23.2 Å². The number of cyclic esters (lactones) is 1. The van der Waals surface area contributed by atoms with Gasteiger partial charge in [0.05, 0.1) is 18.9 Å². The van der Waals surface area contributed by atoms with Crippen LogP contribution in [0, 0.1) is 5.92 Å². The molecule has 1 atom stereocenters. The Balaban J connectivity index is 1.59. The van der Waals surface area contributed by atoms with E-state index in [0.29, 0.717) is 24.6 Å². The maximum Gasteiger partial charge on any atom is 0.307 e. The molecule has 4 rings (SSSR count). The summed E-state index contributed by atoms with van der Waals surface area (Å²) in [6.07, 6.45) is 1.82. The molecule has 142 valence electrons. The molecule has 0 N–H and O–H groups in total. The molecule has 1 saturated heterocycles. The molecule has 0 saturated carbocycles. The minimum absolute atomic E-state index is 0.0986. The van der Waals surface area contributed by atoms with Gasteiger partial charge in [-0.3, -0.25) is 9.59 Å². The lowest BCUT2D eigenvalue weighted by Gasteiger charge is -2.30. The molecule has 2 aromatic rings. The Kier molecular flexibility index (Phi) is 4.51. The second kappa shape index (κ2) is 6.84. The summed E-state index contributed by atoms with van der Waals surface area (Å²) in [6, 6.07) is 5.64. The first-order valence-electron chi connectivity index (χ1n) is 8.70. The monoisotopic (exact) mass is 388 g/mol. The van der Waals surface area contributed by atoms with Gasteiger partial charge in [0.2, 0.25) is 12.7 Å². The van der Waals surface area contributed by atoms with Gasteiger partial charge in [-0.25, -0.2) is 4.98 Å². The van der Waals surface area contributed by atoms with E-state index >= 15 is 0 Å². The van der Waals surface area contributed by atoms with E-state index < -0.39 is 11.5 Å². The van der Waals surface area contributed by atoms with Crippen molar-refractivity contribution in [3.8, 4) is 11.5 Å². The molecule has 0 bridgehead atoms. The fraction of sp³-hybridized carbons (Fsp3) is 0.421. The fourth-order valence-electron chi connectivity index (χ4n) is 3.39. The van der Waals surface area contributed by atoms with Crippen molar-refractivity contribution in [1.29, 1.82) is 0 Å². The molecular formula is C19H20N2O5S. The van der Waals surface area contributed by atoms with Crippen LogP contribution in [0.3, 0.4) is 0 Å². The van der Waals surface area contributed by atoms with Crippen molar-refractivity contribution in [3.05, 3.63) is 40.3 Å². The number of carbonyl (C=O) groups is 2. The van der Waals surface area contributed by atoms with Crippen molar-refractivity contribution in [2.45, 2.75) is 39.0 Å². The molecule has 3 heterocycles. The Morgan fingerprint density at radius 3 is 2.81 bits per heavy atom. The molecular weight excluding hydrogens is 368 g/mol. The highest BCUT2D eigenvalue weighted by Gasteiger charge is 2.47. The number of hydrogen-bond donors (Lipinski definition) is 0. The zero-order valence-electron chi connectivity index (χ0n) is 15.1. The number of thiazole rings is 1. The Morgan fingerprint density at radius 2 is 2.11 bits per heavy atom. The van der Waals surface area contributed by atoms with Crippen molar-refractivity contribution in [2.75, 3.05) is 6.79 Å². The molecule has 0 spiro atoms. The van der Waals surface area contributed by atoms with Crippen LogP contribution in [0.5, 0.6) is 11.5 Å². The molecule has 7 nitrogen and oxygen atoms in total. The number of hydrogen-bond acceptors (Lipinski definition) is 7. The number of carbonyl (C=O) groups excluding carboxylic acids is 2. The lowest BCUT2D eigenvalue weighted by molar-refractivity contribution is -0.149. The van der Waals surface area contributed by atoms with E-state index in [9.17, 15) is 9.59 Å². The smallest absolute Gasteiger partial charge is 0.307 e. The number of amides is 1. The first kappa shape index (κ1) is 17.8. The van der Waals surface area contributed by atoms with E-state index in [1.54, 1.807) is 24.9 Å². The zero-order valence-corrected chi connectivity index (χ0v) is 16.0. The van der Waals surface area contributed by atoms with Crippen LogP contribution in [0.15, 0.2) is 29.8 Å². The number of esters is 1. The van der Waals surface area contributed by atoms with E-state index in [4.69, 9.17) is 14.2 Å². The average molecular weight is 388 g/mol. The third-order valence-corrected chi connectivity index (χ3v) is 5.58. The Hall–Kier alpha value is -2.61. The number of aromatic nitrogens is 1. The number of ether oxygens (including phenoxy) is 3. The lowest BCUT2D eigenvalue weighted by Crippen LogP contribution is -2.42. The second-order valence-corrected chi connectivity index (χ2v) is 8.12. The molecule has 1 aromatic carbocycles. The van der Waals surface area contributed by atoms with Crippen LogP contribution in [0.4, 0.5) is 0 Å². The van der Waals surface area contributed by atoms with E-state index in [2.05, 4.69) is 4.98 Å². The highest BCUT2D eigenvalue weighted by atomic mass is 32.1. The molecule has 0 radical (unpaired) electrons. The highest BCUT2D eigenvalue weighted by Crippen LogP contribution is 2.36. The highest BCUT2D eigenvalue weighted by molar-refractivity contribution is 7.09. The first-order chi connectivity index (χ1) is 12.9. The van der Waals surface area contributed by atoms with Gasteiger partial charge in [-0.1, -0.05) is 6.07 Å². The number of fused-ring (bicyclic) bond motifs is 1. The summed E-state index contributed by atoms with van der Waals surface area (Å²) in [5, 5.41) is 2.72. The number of benzene rings is 1. The van der Waals surface area contributed by atoms with Gasteiger partial charge < -0.3 is 19.1 Å². The molecule has 2 aliphatic rings.